The lowest BCUT2D eigenvalue weighted by molar-refractivity contribution is -0.385. The first-order chi connectivity index (χ1) is 11.1. The number of nitro groups is 1. The summed E-state index contributed by atoms with van der Waals surface area (Å²) in [5.41, 5.74) is 0.880. The number of rotatable bonds is 8. The lowest BCUT2D eigenvalue weighted by Gasteiger charge is -2.16. The van der Waals surface area contributed by atoms with Gasteiger partial charge < -0.3 is 9.64 Å². The fraction of sp³-hybridized carbons (Fsp3) is 0.294. The molecule has 0 heterocycles. The van der Waals surface area contributed by atoms with Gasteiger partial charge >= 0.3 is 0 Å². The first-order valence-electron chi connectivity index (χ1n) is 7.35. The molecule has 0 saturated carbocycles. The molecular weight excluding hydrogens is 316 g/mol. The third kappa shape index (κ3) is 5.54. The fourth-order valence-electron chi connectivity index (χ4n) is 2.27. The standard InChI is InChI=1S/C17H19ClN2O3/c1-19(13-14-6-2-3-9-17(14)20(21)22)10-5-11-23-16-8-4-7-15(18)12-16/h2-4,6-9,12H,5,10-11,13H2,1H3. The van der Waals surface area contributed by atoms with Crippen molar-refractivity contribution in [2.24, 2.45) is 0 Å². The molecule has 0 atom stereocenters. The van der Waals surface area contributed by atoms with Crippen molar-refractivity contribution in [3.63, 3.8) is 0 Å². The molecule has 0 amide bonds. The Bertz CT molecular complexity index is 664. The van der Waals surface area contributed by atoms with Crippen molar-refractivity contribution in [2.75, 3.05) is 20.2 Å². The van der Waals surface area contributed by atoms with Crippen LogP contribution in [0, 0.1) is 10.1 Å². The average Bonchev–Trinajstić information content (AvgIpc) is 2.52. The normalized spacial score (nSPS) is 10.7. The molecule has 0 spiro atoms. The van der Waals surface area contributed by atoms with Crippen LogP contribution in [0.3, 0.4) is 0 Å². The van der Waals surface area contributed by atoms with E-state index in [9.17, 15) is 10.1 Å². The molecule has 0 unspecified atom stereocenters. The van der Waals surface area contributed by atoms with E-state index in [-0.39, 0.29) is 10.6 Å². The van der Waals surface area contributed by atoms with Gasteiger partial charge in [-0.05, 0) is 31.7 Å². The smallest absolute Gasteiger partial charge is 0.273 e. The Labute approximate surface area is 140 Å². The highest BCUT2D eigenvalue weighted by atomic mass is 35.5. The highest BCUT2D eigenvalue weighted by Gasteiger charge is 2.13. The second kappa shape index (κ2) is 8.50. The van der Waals surface area contributed by atoms with Crippen LogP contribution >= 0.6 is 11.6 Å². The SMILES string of the molecule is CN(CCCOc1cccc(Cl)c1)Cc1ccccc1[N+](=O)[O-]. The van der Waals surface area contributed by atoms with Crippen LogP contribution < -0.4 is 4.74 Å². The van der Waals surface area contributed by atoms with E-state index in [1.807, 2.05) is 30.1 Å². The highest BCUT2D eigenvalue weighted by molar-refractivity contribution is 6.30. The zero-order valence-electron chi connectivity index (χ0n) is 12.9. The minimum Gasteiger partial charge on any atom is -0.493 e. The number of benzene rings is 2. The molecule has 23 heavy (non-hydrogen) atoms. The molecule has 0 aliphatic carbocycles. The maximum absolute atomic E-state index is 11.0. The molecule has 6 heteroatoms. The number of hydrogen-bond acceptors (Lipinski definition) is 4. The Morgan fingerprint density at radius 2 is 2.00 bits per heavy atom. The highest BCUT2D eigenvalue weighted by Crippen LogP contribution is 2.19. The predicted octanol–water partition coefficient (Wildman–Crippen LogP) is 4.15. The first kappa shape index (κ1) is 17.2. The molecule has 0 N–H and O–H groups in total. The monoisotopic (exact) mass is 334 g/mol. The molecule has 122 valence electrons. The zero-order chi connectivity index (χ0) is 16.7. The van der Waals surface area contributed by atoms with Crippen molar-refractivity contribution in [3.05, 3.63) is 69.2 Å². The summed E-state index contributed by atoms with van der Waals surface area (Å²) in [6.45, 7) is 1.89. The third-order valence-corrected chi connectivity index (χ3v) is 3.61. The van der Waals surface area contributed by atoms with Crippen molar-refractivity contribution < 1.29 is 9.66 Å². The summed E-state index contributed by atoms with van der Waals surface area (Å²) in [6, 6.07) is 14.1. The molecular formula is C17H19ClN2O3. The Morgan fingerprint density at radius 1 is 1.22 bits per heavy atom. The number of ether oxygens (including phenoxy) is 1. The van der Waals surface area contributed by atoms with Gasteiger partial charge in [0, 0.05) is 29.7 Å². The van der Waals surface area contributed by atoms with E-state index in [0.29, 0.717) is 18.2 Å². The van der Waals surface area contributed by atoms with Crippen LogP contribution in [0.15, 0.2) is 48.5 Å². The first-order valence-corrected chi connectivity index (χ1v) is 7.73. The summed E-state index contributed by atoms with van der Waals surface area (Å²) in [6.07, 6.45) is 0.823. The van der Waals surface area contributed by atoms with Gasteiger partial charge in [-0.2, -0.15) is 0 Å². The second-order valence-electron chi connectivity index (χ2n) is 5.28. The molecule has 0 fully saturated rings. The molecule has 2 rings (SSSR count). The fourth-order valence-corrected chi connectivity index (χ4v) is 2.45. The number of para-hydroxylation sites is 1. The Kier molecular flexibility index (Phi) is 6.38. The van der Waals surface area contributed by atoms with Crippen LogP contribution in [0.25, 0.3) is 0 Å². The summed E-state index contributed by atoms with van der Waals surface area (Å²) in [7, 11) is 1.94. The average molecular weight is 335 g/mol. The summed E-state index contributed by atoms with van der Waals surface area (Å²) >= 11 is 5.90. The van der Waals surface area contributed by atoms with Gasteiger partial charge in [-0.25, -0.2) is 0 Å². The summed E-state index contributed by atoms with van der Waals surface area (Å²) in [5.74, 6) is 0.749. The molecule has 0 bridgehead atoms. The van der Waals surface area contributed by atoms with Gasteiger partial charge in [-0.15, -0.1) is 0 Å². The van der Waals surface area contributed by atoms with Crippen molar-refractivity contribution in [1.82, 2.24) is 4.90 Å². The lowest BCUT2D eigenvalue weighted by atomic mass is 10.1. The van der Waals surface area contributed by atoms with E-state index in [0.717, 1.165) is 24.3 Å². The maximum atomic E-state index is 11.0. The maximum Gasteiger partial charge on any atom is 0.273 e. The summed E-state index contributed by atoms with van der Waals surface area (Å²) < 4.78 is 5.63. The number of halogens is 1. The van der Waals surface area contributed by atoms with Crippen molar-refractivity contribution in [2.45, 2.75) is 13.0 Å². The summed E-state index contributed by atoms with van der Waals surface area (Å²) in [4.78, 5) is 12.7. The molecule has 0 aliphatic rings. The van der Waals surface area contributed by atoms with Crippen LogP contribution in [0.5, 0.6) is 5.75 Å². The Morgan fingerprint density at radius 3 is 2.74 bits per heavy atom. The van der Waals surface area contributed by atoms with E-state index >= 15 is 0 Å². The van der Waals surface area contributed by atoms with Gasteiger partial charge in [-0.1, -0.05) is 35.9 Å². The zero-order valence-corrected chi connectivity index (χ0v) is 13.7. The molecule has 2 aromatic rings. The van der Waals surface area contributed by atoms with Gasteiger partial charge in [-0.3, -0.25) is 10.1 Å². The van der Waals surface area contributed by atoms with E-state index in [2.05, 4.69) is 0 Å². The Hall–Kier alpha value is -2.11. The topological polar surface area (TPSA) is 55.6 Å². The summed E-state index contributed by atoms with van der Waals surface area (Å²) in [5, 5.41) is 11.7. The van der Waals surface area contributed by atoms with Crippen molar-refractivity contribution >= 4 is 17.3 Å². The molecule has 0 radical (unpaired) electrons. The van der Waals surface area contributed by atoms with Gasteiger partial charge in [0.15, 0.2) is 0 Å². The van der Waals surface area contributed by atoms with Crippen LogP contribution in [-0.4, -0.2) is 30.0 Å². The van der Waals surface area contributed by atoms with Crippen LogP contribution in [-0.2, 0) is 6.54 Å². The van der Waals surface area contributed by atoms with E-state index in [4.69, 9.17) is 16.3 Å². The molecule has 5 nitrogen and oxygen atoms in total. The van der Waals surface area contributed by atoms with Gasteiger partial charge in [0.05, 0.1) is 11.5 Å². The molecule has 2 aromatic carbocycles. The van der Waals surface area contributed by atoms with Crippen LogP contribution in [0.4, 0.5) is 5.69 Å². The van der Waals surface area contributed by atoms with Gasteiger partial charge in [0.25, 0.3) is 5.69 Å². The van der Waals surface area contributed by atoms with E-state index in [1.54, 1.807) is 24.3 Å². The van der Waals surface area contributed by atoms with E-state index in [1.165, 1.54) is 6.07 Å². The van der Waals surface area contributed by atoms with Crippen molar-refractivity contribution in [1.29, 1.82) is 0 Å². The Balaban J connectivity index is 1.77. The van der Waals surface area contributed by atoms with Crippen LogP contribution in [0.2, 0.25) is 5.02 Å². The predicted molar refractivity (Wildman–Crippen MR) is 91.0 cm³/mol. The van der Waals surface area contributed by atoms with Gasteiger partial charge in [0.2, 0.25) is 0 Å². The van der Waals surface area contributed by atoms with Gasteiger partial charge in [0.1, 0.15) is 5.75 Å². The number of nitrogens with zero attached hydrogens (tertiary/aromatic N) is 2. The quantitative estimate of drug-likeness (QED) is 0.413. The van der Waals surface area contributed by atoms with E-state index < -0.39 is 0 Å². The number of nitro benzene ring substituents is 1. The van der Waals surface area contributed by atoms with Crippen molar-refractivity contribution in [3.8, 4) is 5.75 Å². The van der Waals surface area contributed by atoms with Crippen LogP contribution in [0.1, 0.15) is 12.0 Å². The minimum absolute atomic E-state index is 0.162. The number of hydrogen-bond donors (Lipinski definition) is 0. The minimum atomic E-state index is -0.342. The molecule has 0 aromatic heterocycles. The third-order valence-electron chi connectivity index (χ3n) is 3.38. The molecule has 0 aliphatic heterocycles. The second-order valence-corrected chi connectivity index (χ2v) is 5.72. The molecule has 0 saturated heterocycles. The largest absolute Gasteiger partial charge is 0.493 e. The lowest BCUT2D eigenvalue weighted by Crippen LogP contribution is -2.21.